The number of carbonyl (C=O) groups is 1. The zero-order chi connectivity index (χ0) is 23.3. The number of unbranched alkanes of at least 4 members (excludes halogenated alkanes) is 1. The Kier molecular flexibility index (Phi) is 7.56. The number of aryl methyl sites for hydroxylation is 3. The van der Waals surface area contributed by atoms with Crippen molar-refractivity contribution >= 4 is 29.3 Å². The third kappa shape index (κ3) is 5.30. The van der Waals surface area contributed by atoms with E-state index in [2.05, 4.69) is 41.1 Å². The van der Waals surface area contributed by atoms with E-state index in [1.807, 2.05) is 39.0 Å². The van der Waals surface area contributed by atoms with Gasteiger partial charge in [-0.15, -0.1) is 0 Å². The van der Waals surface area contributed by atoms with Gasteiger partial charge in [0.05, 0.1) is 0 Å². The van der Waals surface area contributed by atoms with Crippen LogP contribution in [-0.2, 0) is 11.2 Å². The zero-order valence-corrected chi connectivity index (χ0v) is 19.8. The van der Waals surface area contributed by atoms with Crippen molar-refractivity contribution in [3.8, 4) is 11.8 Å². The molecule has 0 saturated carbocycles. The average Bonchev–Trinajstić information content (AvgIpc) is 3.06. The van der Waals surface area contributed by atoms with E-state index in [4.69, 9.17) is 11.6 Å². The Bertz CT molecular complexity index is 1200. The monoisotopic (exact) mass is 445 g/mol. The predicted octanol–water partition coefficient (Wildman–Crippen LogP) is 6.94. The lowest BCUT2D eigenvalue weighted by atomic mass is 10.1. The van der Waals surface area contributed by atoms with Crippen LogP contribution in [0.3, 0.4) is 0 Å². The van der Waals surface area contributed by atoms with Crippen molar-refractivity contribution in [3.05, 3.63) is 87.2 Å². The summed E-state index contributed by atoms with van der Waals surface area (Å²) in [5.74, 6) is -0.461. The van der Waals surface area contributed by atoms with Crippen molar-refractivity contribution in [2.24, 2.45) is 0 Å². The number of aromatic nitrogens is 1. The smallest absolute Gasteiger partial charge is 0.266 e. The highest BCUT2D eigenvalue weighted by Crippen LogP contribution is 2.24. The highest BCUT2D eigenvalue weighted by atomic mass is 35.5. The molecule has 0 radical (unpaired) electrons. The van der Waals surface area contributed by atoms with Crippen LogP contribution in [-0.4, -0.2) is 10.5 Å². The van der Waals surface area contributed by atoms with E-state index in [-0.39, 0.29) is 5.57 Å². The third-order valence-electron chi connectivity index (χ3n) is 5.58. The van der Waals surface area contributed by atoms with Gasteiger partial charge in [-0.1, -0.05) is 43.1 Å². The number of amides is 1. The van der Waals surface area contributed by atoms with Crippen LogP contribution in [0.5, 0.6) is 0 Å². The van der Waals surface area contributed by atoms with E-state index in [9.17, 15) is 10.1 Å². The standard InChI is InChI=1S/C27H28ClN3O/c1-5-6-7-21-9-12-25(13-10-21)31-19(3)14-22(20(31)4)15-23(17-29)27(32)30-24-11-8-18(2)26(28)16-24/h8-16H,5-7H2,1-4H3,(H,30,32)/b23-15-. The van der Waals surface area contributed by atoms with Gasteiger partial charge in [-0.25, -0.2) is 0 Å². The molecule has 0 spiro atoms. The summed E-state index contributed by atoms with van der Waals surface area (Å²) in [7, 11) is 0. The summed E-state index contributed by atoms with van der Waals surface area (Å²) in [4.78, 5) is 12.7. The topological polar surface area (TPSA) is 57.8 Å². The second kappa shape index (κ2) is 10.3. The molecule has 0 unspecified atom stereocenters. The number of hydrogen-bond donors (Lipinski definition) is 1. The number of hydrogen-bond acceptors (Lipinski definition) is 2. The SMILES string of the molecule is CCCCc1ccc(-n2c(C)cc(/C=C(/C#N)C(=O)Nc3ccc(C)c(Cl)c3)c2C)cc1. The van der Waals surface area contributed by atoms with Gasteiger partial charge in [-0.2, -0.15) is 5.26 Å². The van der Waals surface area contributed by atoms with Crippen molar-refractivity contribution in [1.29, 1.82) is 5.26 Å². The van der Waals surface area contributed by atoms with Gasteiger partial charge in [0.1, 0.15) is 11.6 Å². The summed E-state index contributed by atoms with van der Waals surface area (Å²) in [5.41, 5.74) is 6.77. The third-order valence-corrected chi connectivity index (χ3v) is 5.99. The number of nitrogens with one attached hydrogen (secondary N) is 1. The lowest BCUT2D eigenvalue weighted by Gasteiger charge is -2.11. The van der Waals surface area contributed by atoms with Crippen LogP contribution in [0.15, 0.2) is 54.1 Å². The van der Waals surface area contributed by atoms with Crippen LogP contribution in [0.2, 0.25) is 5.02 Å². The lowest BCUT2D eigenvalue weighted by Crippen LogP contribution is -2.13. The predicted molar refractivity (Wildman–Crippen MR) is 132 cm³/mol. The second-order valence-corrected chi connectivity index (χ2v) is 8.43. The molecule has 1 heterocycles. The average molecular weight is 446 g/mol. The van der Waals surface area contributed by atoms with Crippen LogP contribution in [0.25, 0.3) is 11.8 Å². The Balaban J connectivity index is 1.86. The van der Waals surface area contributed by atoms with Crippen LogP contribution in [0.1, 0.15) is 47.8 Å². The maximum absolute atomic E-state index is 12.7. The van der Waals surface area contributed by atoms with Gasteiger partial charge >= 0.3 is 0 Å². The van der Waals surface area contributed by atoms with Gasteiger partial charge in [-0.05, 0) is 86.7 Å². The lowest BCUT2D eigenvalue weighted by molar-refractivity contribution is -0.112. The van der Waals surface area contributed by atoms with E-state index in [1.165, 1.54) is 18.4 Å². The van der Waals surface area contributed by atoms with Gasteiger partial charge < -0.3 is 9.88 Å². The first-order valence-electron chi connectivity index (χ1n) is 10.8. The van der Waals surface area contributed by atoms with Gasteiger partial charge in [0.15, 0.2) is 0 Å². The van der Waals surface area contributed by atoms with Gasteiger partial charge in [0, 0.05) is 27.8 Å². The van der Waals surface area contributed by atoms with Crippen molar-refractivity contribution in [1.82, 2.24) is 4.57 Å². The highest BCUT2D eigenvalue weighted by molar-refractivity contribution is 6.31. The molecule has 1 aromatic heterocycles. The first kappa shape index (κ1) is 23.4. The number of carbonyl (C=O) groups excluding carboxylic acids is 1. The minimum Gasteiger partial charge on any atom is -0.321 e. The maximum Gasteiger partial charge on any atom is 0.266 e. The molecule has 0 aliphatic heterocycles. The van der Waals surface area contributed by atoms with E-state index in [0.29, 0.717) is 10.7 Å². The van der Waals surface area contributed by atoms with Crippen LogP contribution >= 0.6 is 11.6 Å². The van der Waals surface area contributed by atoms with Crippen molar-refractivity contribution in [3.63, 3.8) is 0 Å². The van der Waals surface area contributed by atoms with Crippen LogP contribution in [0.4, 0.5) is 5.69 Å². The summed E-state index contributed by atoms with van der Waals surface area (Å²) in [6, 6.07) is 17.9. The van der Waals surface area contributed by atoms with E-state index in [0.717, 1.165) is 34.6 Å². The Morgan fingerprint density at radius 3 is 2.47 bits per heavy atom. The van der Waals surface area contributed by atoms with Crippen molar-refractivity contribution in [2.75, 3.05) is 5.32 Å². The number of nitrogens with zero attached hydrogens (tertiary/aromatic N) is 2. The first-order valence-corrected chi connectivity index (χ1v) is 11.2. The summed E-state index contributed by atoms with van der Waals surface area (Å²) in [5, 5.41) is 12.9. The maximum atomic E-state index is 12.7. The molecule has 0 fully saturated rings. The van der Waals surface area contributed by atoms with E-state index < -0.39 is 5.91 Å². The molecular formula is C27H28ClN3O. The molecule has 0 bridgehead atoms. The Labute approximate surface area is 195 Å². The van der Waals surface area contributed by atoms with Crippen LogP contribution < -0.4 is 5.32 Å². The molecule has 164 valence electrons. The zero-order valence-electron chi connectivity index (χ0n) is 19.0. The Morgan fingerprint density at radius 2 is 1.84 bits per heavy atom. The number of anilines is 1. The molecule has 32 heavy (non-hydrogen) atoms. The fourth-order valence-electron chi connectivity index (χ4n) is 3.70. The molecule has 4 nitrogen and oxygen atoms in total. The van der Waals surface area contributed by atoms with Crippen LogP contribution in [0, 0.1) is 32.1 Å². The number of rotatable bonds is 7. The summed E-state index contributed by atoms with van der Waals surface area (Å²) < 4.78 is 2.14. The molecule has 0 aliphatic rings. The minimum absolute atomic E-state index is 0.0388. The normalized spacial score (nSPS) is 11.3. The first-order chi connectivity index (χ1) is 15.3. The quantitative estimate of drug-likeness (QED) is 0.316. The molecule has 5 heteroatoms. The van der Waals surface area contributed by atoms with E-state index in [1.54, 1.807) is 18.2 Å². The molecule has 0 atom stereocenters. The van der Waals surface area contributed by atoms with Crippen molar-refractivity contribution < 1.29 is 4.79 Å². The molecule has 0 saturated heterocycles. The molecule has 3 rings (SSSR count). The molecule has 1 amide bonds. The van der Waals surface area contributed by atoms with Gasteiger partial charge in [-0.3, -0.25) is 4.79 Å². The number of benzene rings is 2. The molecular weight excluding hydrogens is 418 g/mol. The molecule has 2 aromatic carbocycles. The Hall–Kier alpha value is -3.29. The summed E-state index contributed by atoms with van der Waals surface area (Å²) >= 11 is 6.14. The largest absolute Gasteiger partial charge is 0.321 e. The molecule has 0 aliphatic carbocycles. The summed E-state index contributed by atoms with van der Waals surface area (Å²) in [6.45, 7) is 8.11. The Morgan fingerprint density at radius 1 is 1.12 bits per heavy atom. The highest BCUT2D eigenvalue weighted by Gasteiger charge is 2.14. The fraction of sp³-hybridized carbons (Fsp3) is 0.259. The molecule has 1 N–H and O–H groups in total. The fourth-order valence-corrected chi connectivity index (χ4v) is 3.88. The van der Waals surface area contributed by atoms with Gasteiger partial charge in [0.2, 0.25) is 0 Å². The van der Waals surface area contributed by atoms with Crippen molar-refractivity contribution in [2.45, 2.75) is 47.0 Å². The van der Waals surface area contributed by atoms with Gasteiger partial charge in [0.25, 0.3) is 5.91 Å². The number of nitriles is 1. The van der Waals surface area contributed by atoms with E-state index >= 15 is 0 Å². The number of halogens is 1. The second-order valence-electron chi connectivity index (χ2n) is 8.02. The summed E-state index contributed by atoms with van der Waals surface area (Å²) in [6.07, 6.45) is 5.09. The molecule has 3 aromatic rings. The minimum atomic E-state index is -0.461.